The zero-order chi connectivity index (χ0) is 25.6. The zero-order valence-electron chi connectivity index (χ0n) is 20.9. The molecule has 0 spiro atoms. The summed E-state index contributed by atoms with van der Waals surface area (Å²) in [7, 11) is 0. The van der Waals surface area contributed by atoms with Crippen molar-refractivity contribution in [3.63, 3.8) is 0 Å². The van der Waals surface area contributed by atoms with Crippen molar-refractivity contribution in [3.05, 3.63) is 23.0 Å². The molecule has 0 saturated heterocycles. The van der Waals surface area contributed by atoms with Crippen LogP contribution in [0.2, 0.25) is 0 Å². The highest BCUT2D eigenvalue weighted by atomic mass is 19.1. The molecule has 194 valence electrons. The first kappa shape index (κ1) is 24.9. The van der Waals surface area contributed by atoms with E-state index in [9.17, 15) is 25.3 Å². The number of nitrogens with zero attached hydrogens (tertiary/aromatic N) is 2. The van der Waals surface area contributed by atoms with E-state index in [1.165, 1.54) is 13.8 Å². The fourth-order valence-corrected chi connectivity index (χ4v) is 8.44. The van der Waals surface area contributed by atoms with Crippen LogP contribution < -0.4 is 0 Å². The molecule has 1 aromatic rings. The molecule has 4 N–H and O–H groups in total. The van der Waals surface area contributed by atoms with Crippen molar-refractivity contribution in [1.82, 2.24) is 9.94 Å². The first-order valence-corrected chi connectivity index (χ1v) is 12.6. The minimum absolute atomic E-state index is 0.00685. The number of aromatic nitrogens is 2. The van der Waals surface area contributed by atoms with Gasteiger partial charge in [0.2, 0.25) is 0 Å². The quantitative estimate of drug-likeness (QED) is 0.368. The molecule has 5 rings (SSSR count). The minimum atomic E-state index is -1.94. The molecule has 9 heteroatoms. The van der Waals surface area contributed by atoms with Crippen molar-refractivity contribution in [1.29, 1.82) is 0 Å². The number of alkyl halides is 1. The van der Waals surface area contributed by atoms with Crippen molar-refractivity contribution in [2.24, 2.45) is 22.7 Å². The molecule has 7 atom stereocenters. The molecule has 8 nitrogen and oxygen atoms in total. The molecule has 4 aliphatic rings. The van der Waals surface area contributed by atoms with Crippen LogP contribution in [0.4, 0.5) is 4.39 Å². The average molecular weight is 493 g/mol. The van der Waals surface area contributed by atoms with Crippen LogP contribution in [0.3, 0.4) is 0 Å². The monoisotopic (exact) mass is 492 g/mol. The summed E-state index contributed by atoms with van der Waals surface area (Å²) in [6, 6.07) is 0. The number of aliphatic hydroxyl groups is 3. The fourth-order valence-electron chi connectivity index (χ4n) is 8.44. The molecule has 0 bridgehead atoms. The van der Waals surface area contributed by atoms with Crippen LogP contribution in [0.1, 0.15) is 77.5 Å². The van der Waals surface area contributed by atoms with Crippen molar-refractivity contribution < 1.29 is 34.4 Å². The summed E-state index contributed by atoms with van der Waals surface area (Å²) < 4.78 is 23.7. The van der Waals surface area contributed by atoms with E-state index in [-0.39, 0.29) is 31.1 Å². The third kappa shape index (κ3) is 3.11. The van der Waals surface area contributed by atoms with Crippen LogP contribution in [0.15, 0.2) is 11.8 Å². The lowest BCUT2D eigenvalue weighted by Crippen LogP contribution is -2.70. The third-order valence-corrected chi connectivity index (χ3v) is 9.89. The van der Waals surface area contributed by atoms with Gasteiger partial charge in [-0.3, -0.25) is 4.79 Å². The maximum Gasteiger partial charge on any atom is 0.167 e. The summed E-state index contributed by atoms with van der Waals surface area (Å²) in [5, 5.41) is 45.7. The van der Waals surface area contributed by atoms with Gasteiger partial charge in [0.05, 0.1) is 18.9 Å². The summed E-state index contributed by atoms with van der Waals surface area (Å²) in [5.74, 6) is -2.69. The summed E-state index contributed by atoms with van der Waals surface area (Å²) >= 11 is 0. The van der Waals surface area contributed by atoms with Crippen LogP contribution >= 0.6 is 0 Å². The van der Waals surface area contributed by atoms with Gasteiger partial charge in [-0.1, -0.05) is 19.4 Å². The van der Waals surface area contributed by atoms with E-state index in [0.717, 1.165) is 16.0 Å². The lowest BCUT2D eigenvalue weighted by atomic mass is 9.43. The van der Waals surface area contributed by atoms with E-state index >= 15 is 4.39 Å². The maximum atomic E-state index is 17.6. The van der Waals surface area contributed by atoms with Crippen molar-refractivity contribution in [2.75, 3.05) is 6.61 Å². The molecule has 3 fully saturated rings. The Hall–Kier alpha value is -1.81. The number of ether oxygens (including phenoxy) is 1. The number of carbonyl (C=O) groups is 1. The number of ketones is 1. The van der Waals surface area contributed by atoms with E-state index in [0.29, 0.717) is 37.8 Å². The maximum absolute atomic E-state index is 17.6. The number of hydrogen-bond donors (Lipinski definition) is 4. The molecule has 1 heterocycles. The number of rotatable bonds is 5. The number of aliphatic hydroxyl groups excluding tert-OH is 2. The Kier molecular flexibility index (Phi) is 5.40. The fraction of sp³-hybridized carbons (Fsp3) is 0.769. The van der Waals surface area contributed by atoms with E-state index < -0.39 is 39.9 Å². The lowest BCUT2D eigenvalue weighted by Gasteiger charge is -2.64. The van der Waals surface area contributed by atoms with Gasteiger partial charge in [0.25, 0.3) is 0 Å². The number of allylic oxidation sites excluding steroid dienone is 1. The molecule has 1 aromatic heterocycles. The Bertz CT molecular complexity index is 1080. The molecule has 35 heavy (non-hydrogen) atoms. The number of fused-ring (bicyclic) bond motifs is 6. The van der Waals surface area contributed by atoms with Gasteiger partial charge in [0.15, 0.2) is 11.6 Å². The van der Waals surface area contributed by atoms with Gasteiger partial charge < -0.3 is 25.3 Å². The van der Waals surface area contributed by atoms with Gasteiger partial charge in [-0.05, 0) is 64.4 Å². The van der Waals surface area contributed by atoms with Gasteiger partial charge in [0, 0.05) is 28.7 Å². The molecule has 3 saturated carbocycles. The Morgan fingerprint density at radius 1 is 1.31 bits per heavy atom. The lowest BCUT2D eigenvalue weighted by molar-refractivity contribution is -0.287. The number of hydrogen-bond acceptors (Lipinski definition) is 7. The second kappa shape index (κ2) is 7.60. The average Bonchev–Trinajstić information content (AvgIpc) is 3.24. The molecule has 0 unspecified atom stereocenters. The Morgan fingerprint density at radius 2 is 2.03 bits per heavy atom. The SMILES string of the molecule is CC(C)(O)O[C@]1(C(=O)CCO)CC[C@H]2[C@@H]3CCC4=Cc5c(cnn5O)C[C@]4(C)[C@@]3(F)[C@@H](O)C[C@@]21C. The summed E-state index contributed by atoms with van der Waals surface area (Å²) in [6.07, 6.45) is 4.13. The molecule has 0 radical (unpaired) electrons. The Balaban J connectivity index is 1.59. The highest BCUT2D eigenvalue weighted by Gasteiger charge is 2.75. The smallest absolute Gasteiger partial charge is 0.167 e. The van der Waals surface area contributed by atoms with Gasteiger partial charge in [0.1, 0.15) is 17.0 Å². The van der Waals surface area contributed by atoms with Crippen LogP contribution in [0.25, 0.3) is 6.08 Å². The highest BCUT2D eigenvalue weighted by molar-refractivity contribution is 5.89. The predicted molar refractivity (Wildman–Crippen MR) is 124 cm³/mol. The summed E-state index contributed by atoms with van der Waals surface area (Å²) in [4.78, 5) is 14.3. The van der Waals surface area contributed by atoms with Crippen molar-refractivity contribution >= 4 is 11.9 Å². The topological polar surface area (TPSA) is 125 Å². The molecular formula is C26H37FN2O6. The van der Waals surface area contributed by atoms with Gasteiger partial charge in [-0.15, -0.1) is 9.94 Å². The summed E-state index contributed by atoms with van der Waals surface area (Å²) in [5.41, 5.74) is -3.10. The Labute approximate surface area is 204 Å². The van der Waals surface area contributed by atoms with E-state index in [1.54, 1.807) is 6.20 Å². The first-order chi connectivity index (χ1) is 16.2. The van der Waals surface area contributed by atoms with Crippen LogP contribution in [-0.4, -0.2) is 66.0 Å². The van der Waals surface area contributed by atoms with Crippen LogP contribution in [0.5, 0.6) is 0 Å². The van der Waals surface area contributed by atoms with E-state index in [1.807, 2.05) is 19.9 Å². The molecule has 0 aliphatic heterocycles. The van der Waals surface area contributed by atoms with E-state index in [4.69, 9.17) is 4.74 Å². The van der Waals surface area contributed by atoms with Crippen LogP contribution in [-0.2, 0) is 16.0 Å². The van der Waals surface area contributed by atoms with Crippen molar-refractivity contribution in [2.45, 2.75) is 95.8 Å². The standard InChI is InChI=1S/C26H37FN2O6/c1-22(2,33)35-25(20(31)8-10-30)9-7-17-18-6-5-16-11-19-15(14-28-29(19)34)12-23(16,3)26(18,27)21(32)13-24(17,25)4/h11,14,17-18,21,30,32-34H,5-10,12-13H2,1-4H3/t17-,18-,21-,23-,24-,25-,26-/m0/s1. The number of carbonyl (C=O) groups excluding carboxylic acids is 1. The largest absolute Gasteiger partial charge is 0.411 e. The molecule has 0 aromatic carbocycles. The third-order valence-electron chi connectivity index (χ3n) is 9.89. The van der Waals surface area contributed by atoms with Crippen LogP contribution in [0, 0.1) is 22.7 Å². The highest BCUT2D eigenvalue weighted by Crippen LogP contribution is 2.71. The first-order valence-electron chi connectivity index (χ1n) is 12.6. The predicted octanol–water partition coefficient (Wildman–Crippen LogP) is 2.80. The number of halogens is 1. The molecule has 0 amide bonds. The van der Waals surface area contributed by atoms with Gasteiger partial charge in [-0.2, -0.15) is 0 Å². The number of Topliss-reactive ketones (excluding diaryl/α,β-unsaturated/α-hetero) is 1. The minimum Gasteiger partial charge on any atom is -0.411 e. The van der Waals surface area contributed by atoms with E-state index in [2.05, 4.69) is 5.10 Å². The molecular weight excluding hydrogens is 455 g/mol. The summed E-state index contributed by atoms with van der Waals surface area (Å²) in [6.45, 7) is 6.34. The van der Waals surface area contributed by atoms with Crippen molar-refractivity contribution in [3.8, 4) is 0 Å². The Morgan fingerprint density at radius 3 is 2.69 bits per heavy atom. The normalized spacial score (nSPS) is 42.5. The van der Waals surface area contributed by atoms with Gasteiger partial charge in [-0.25, -0.2) is 4.39 Å². The van der Waals surface area contributed by atoms with Gasteiger partial charge >= 0.3 is 0 Å². The second-order valence-electron chi connectivity index (χ2n) is 12.1. The molecule has 4 aliphatic carbocycles. The second-order valence-corrected chi connectivity index (χ2v) is 12.1. The zero-order valence-corrected chi connectivity index (χ0v) is 20.9.